The van der Waals surface area contributed by atoms with Gasteiger partial charge in [-0.2, -0.15) is 17.6 Å². The van der Waals surface area contributed by atoms with E-state index in [2.05, 4.69) is 20.4 Å². The van der Waals surface area contributed by atoms with Crippen molar-refractivity contribution in [2.24, 2.45) is 0 Å². The van der Waals surface area contributed by atoms with Gasteiger partial charge in [0, 0.05) is 12.3 Å². The number of rotatable bonds is 10. The van der Waals surface area contributed by atoms with Gasteiger partial charge >= 0.3 is 18.6 Å². The normalized spacial score (nSPS) is 13.8. The molecule has 41 heavy (non-hydrogen) atoms. The fourth-order valence-electron chi connectivity index (χ4n) is 4.35. The van der Waals surface area contributed by atoms with Gasteiger partial charge in [0.05, 0.1) is 28.7 Å². The SMILES string of the molecule is CC(NC(=O)NC(c1cc(F)cc(OC(F)(F)C(F)F)c1)C(c1ccccc1)c1ccc(Cl)cn1)c1ccccc1. The van der Waals surface area contributed by atoms with Gasteiger partial charge in [-0.05, 0) is 47.9 Å². The van der Waals surface area contributed by atoms with E-state index < -0.39 is 48.1 Å². The number of carbonyl (C=O) groups is 1. The van der Waals surface area contributed by atoms with Crippen molar-refractivity contribution in [3.05, 3.63) is 130 Å². The van der Waals surface area contributed by atoms with E-state index in [1.165, 1.54) is 6.20 Å². The second kappa shape index (κ2) is 13.0. The van der Waals surface area contributed by atoms with Crippen LogP contribution in [0.3, 0.4) is 0 Å². The number of carbonyl (C=O) groups excluding carboxylic acids is 1. The van der Waals surface area contributed by atoms with Crippen molar-refractivity contribution in [3.8, 4) is 5.75 Å². The molecule has 0 aliphatic carbocycles. The Morgan fingerprint density at radius 3 is 2.10 bits per heavy atom. The minimum absolute atomic E-state index is 0.0295. The molecule has 3 atom stereocenters. The van der Waals surface area contributed by atoms with E-state index in [-0.39, 0.29) is 5.56 Å². The predicted molar refractivity (Wildman–Crippen MR) is 145 cm³/mol. The van der Waals surface area contributed by atoms with E-state index in [0.717, 1.165) is 17.7 Å². The van der Waals surface area contributed by atoms with Crippen molar-refractivity contribution in [1.29, 1.82) is 0 Å². The molecule has 0 bridgehead atoms. The van der Waals surface area contributed by atoms with Crippen LogP contribution in [0.25, 0.3) is 0 Å². The zero-order valence-electron chi connectivity index (χ0n) is 21.6. The molecule has 11 heteroatoms. The molecule has 0 fully saturated rings. The maximum absolute atomic E-state index is 14.8. The third-order valence-corrected chi connectivity index (χ3v) is 6.48. The van der Waals surface area contributed by atoms with Crippen LogP contribution in [0, 0.1) is 5.82 Å². The van der Waals surface area contributed by atoms with Gasteiger partial charge in [0.25, 0.3) is 0 Å². The van der Waals surface area contributed by atoms with Gasteiger partial charge in [-0.1, -0.05) is 72.3 Å². The molecule has 3 unspecified atom stereocenters. The molecule has 0 aliphatic rings. The Balaban J connectivity index is 1.79. The summed E-state index contributed by atoms with van der Waals surface area (Å²) < 4.78 is 72.1. The van der Waals surface area contributed by atoms with E-state index in [1.54, 1.807) is 49.4 Å². The molecule has 0 aliphatic heterocycles. The molecule has 2 N–H and O–H groups in total. The summed E-state index contributed by atoms with van der Waals surface area (Å²) in [5.41, 5.74) is 1.83. The lowest BCUT2D eigenvalue weighted by atomic mass is 9.84. The quantitative estimate of drug-likeness (QED) is 0.184. The van der Waals surface area contributed by atoms with Gasteiger partial charge in [0.2, 0.25) is 0 Å². The lowest BCUT2D eigenvalue weighted by Gasteiger charge is -2.30. The molecule has 1 aromatic heterocycles. The smallest absolute Gasteiger partial charge is 0.428 e. The number of nitrogens with zero attached hydrogens (tertiary/aromatic N) is 1. The minimum atomic E-state index is -4.87. The second-order valence-electron chi connectivity index (χ2n) is 9.20. The minimum Gasteiger partial charge on any atom is -0.428 e. The average Bonchev–Trinajstić information content (AvgIpc) is 2.94. The van der Waals surface area contributed by atoms with Crippen molar-refractivity contribution >= 4 is 17.6 Å². The Morgan fingerprint density at radius 2 is 1.51 bits per heavy atom. The molecular weight excluding hydrogens is 565 g/mol. The number of nitrogens with one attached hydrogen (secondary N) is 2. The number of hydrogen-bond donors (Lipinski definition) is 2. The summed E-state index contributed by atoms with van der Waals surface area (Å²) in [6, 6.07) is 21.4. The second-order valence-corrected chi connectivity index (χ2v) is 9.64. The summed E-state index contributed by atoms with van der Waals surface area (Å²) in [6.07, 6.45) is -7.62. The van der Waals surface area contributed by atoms with Crippen LogP contribution in [0.2, 0.25) is 5.02 Å². The van der Waals surface area contributed by atoms with Gasteiger partial charge < -0.3 is 15.4 Å². The summed E-state index contributed by atoms with van der Waals surface area (Å²) in [5, 5.41) is 5.96. The molecule has 0 saturated carbocycles. The Labute approximate surface area is 238 Å². The first kappa shape index (κ1) is 29.8. The number of ether oxygens (including phenoxy) is 1. The Bertz CT molecular complexity index is 1440. The van der Waals surface area contributed by atoms with Gasteiger partial charge in [-0.3, -0.25) is 4.98 Å². The molecule has 4 aromatic rings. The monoisotopic (exact) mass is 589 g/mol. The summed E-state index contributed by atoms with van der Waals surface area (Å²) in [6.45, 7) is 1.76. The number of aromatic nitrogens is 1. The van der Waals surface area contributed by atoms with E-state index in [0.29, 0.717) is 22.3 Å². The van der Waals surface area contributed by atoms with Crippen molar-refractivity contribution in [2.75, 3.05) is 0 Å². The van der Waals surface area contributed by atoms with E-state index in [4.69, 9.17) is 11.6 Å². The molecule has 0 spiro atoms. The number of hydrogen-bond acceptors (Lipinski definition) is 3. The summed E-state index contributed by atoms with van der Waals surface area (Å²) in [4.78, 5) is 17.7. The van der Waals surface area contributed by atoms with Crippen LogP contribution < -0.4 is 15.4 Å². The Hall–Kier alpha value is -4.18. The summed E-state index contributed by atoms with van der Waals surface area (Å²) in [5.74, 6) is -2.68. The number of alkyl halides is 4. The van der Waals surface area contributed by atoms with E-state index >= 15 is 0 Å². The number of amides is 2. The summed E-state index contributed by atoms with van der Waals surface area (Å²) in [7, 11) is 0. The first-order chi connectivity index (χ1) is 19.5. The highest BCUT2D eigenvalue weighted by Crippen LogP contribution is 2.39. The molecule has 2 amide bonds. The first-order valence-corrected chi connectivity index (χ1v) is 12.8. The van der Waals surface area contributed by atoms with Gasteiger partial charge in [-0.25, -0.2) is 9.18 Å². The molecule has 1 heterocycles. The largest absolute Gasteiger partial charge is 0.461 e. The number of pyridine rings is 1. The molecule has 4 rings (SSSR count). The average molecular weight is 590 g/mol. The Morgan fingerprint density at radius 1 is 0.878 bits per heavy atom. The van der Waals surface area contributed by atoms with E-state index in [9.17, 15) is 26.7 Å². The zero-order valence-corrected chi connectivity index (χ0v) is 22.3. The maximum Gasteiger partial charge on any atom is 0.461 e. The highest BCUT2D eigenvalue weighted by atomic mass is 35.5. The lowest BCUT2D eigenvalue weighted by molar-refractivity contribution is -0.253. The predicted octanol–water partition coefficient (Wildman–Crippen LogP) is 8.04. The van der Waals surface area contributed by atoms with Crippen LogP contribution in [0.15, 0.2) is 97.2 Å². The van der Waals surface area contributed by atoms with Crippen LogP contribution in [-0.2, 0) is 0 Å². The van der Waals surface area contributed by atoms with Crippen LogP contribution in [0.4, 0.5) is 26.7 Å². The van der Waals surface area contributed by atoms with Gasteiger partial charge in [0.15, 0.2) is 0 Å². The van der Waals surface area contributed by atoms with Crippen molar-refractivity contribution in [2.45, 2.75) is 37.5 Å². The highest BCUT2D eigenvalue weighted by Gasteiger charge is 2.44. The van der Waals surface area contributed by atoms with Crippen LogP contribution in [0.5, 0.6) is 5.75 Å². The van der Waals surface area contributed by atoms with Crippen LogP contribution in [-0.4, -0.2) is 23.5 Å². The standard InChI is InChI=1S/C30H25ClF5N3O2/c1-18(19-8-4-2-5-9-19)38-29(40)39-27(21-14-23(32)16-24(15-21)41-30(35,36)28(33)34)26(20-10-6-3-7-11-20)25-13-12-22(31)17-37-25/h2-18,26-28H,1H3,(H2,38,39,40). The first-order valence-electron chi connectivity index (χ1n) is 12.5. The zero-order chi connectivity index (χ0) is 29.6. The lowest BCUT2D eigenvalue weighted by Crippen LogP contribution is -2.41. The number of urea groups is 1. The fraction of sp³-hybridized carbons (Fsp3) is 0.200. The maximum atomic E-state index is 14.8. The highest BCUT2D eigenvalue weighted by molar-refractivity contribution is 6.30. The molecular formula is C30H25ClF5N3O2. The molecule has 3 aromatic carbocycles. The molecule has 214 valence electrons. The topological polar surface area (TPSA) is 63.2 Å². The van der Waals surface area contributed by atoms with Crippen LogP contribution in [0.1, 0.15) is 47.3 Å². The van der Waals surface area contributed by atoms with Crippen molar-refractivity contribution in [3.63, 3.8) is 0 Å². The number of benzene rings is 3. The molecule has 0 saturated heterocycles. The van der Waals surface area contributed by atoms with Crippen molar-refractivity contribution in [1.82, 2.24) is 15.6 Å². The van der Waals surface area contributed by atoms with Crippen LogP contribution >= 0.6 is 11.6 Å². The molecule has 0 radical (unpaired) electrons. The third kappa shape index (κ3) is 7.73. The van der Waals surface area contributed by atoms with Gasteiger partial charge in [-0.15, -0.1) is 0 Å². The van der Waals surface area contributed by atoms with Crippen molar-refractivity contribution < 1.29 is 31.5 Å². The third-order valence-electron chi connectivity index (χ3n) is 6.26. The van der Waals surface area contributed by atoms with E-state index in [1.807, 2.05) is 30.3 Å². The fourth-order valence-corrected chi connectivity index (χ4v) is 4.47. The van der Waals surface area contributed by atoms with Gasteiger partial charge in [0.1, 0.15) is 11.6 Å². The Kier molecular flexibility index (Phi) is 9.44. The molecule has 5 nitrogen and oxygen atoms in total. The summed E-state index contributed by atoms with van der Waals surface area (Å²) >= 11 is 6.05. The number of halogens is 6.